The van der Waals surface area contributed by atoms with E-state index in [-0.39, 0.29) is 5.91 Å². The molecule has 78 valence electrons. The Hall–Kier alpha value is -0.0500. The molecule has 1 unspecified atom stereocenters. The van der Waals surface area contributed by atoms with Gasteiger partial charge in [-0.2, -0.15) is 0 Å². The first-order valence-corrected chi connectivity index (χ1v) is 6.18. The summed E-state index contributed by atoms with van der Waals surface area (Å²) >= 11 is 3.37. The van der Waals surface area contributed by atoms with Crippen molar-refractivity contribution in [1.82, 2.24) is 5.32 Å². The van der Waals surface area contributed by atoms with Gasteiger partial charge in [0, 0.05) is 17.8 Å². The van der Waals surface area contributed by atoms with Crippen molar-refractivity contribution in [2.45, 2.75) is 52.0 Å². The second-order valence-electron chi connectivity index (χ2n) is 3.40. The minimum Gasteiger partial charge on any atom is -0.354 e. The van der Waals surface area contributed by atoms with E-state index in [0.29, 0.717) is 12.5 Å². The molecule has 0 rings (SSSR count). The van der Waals surface area contributed by atoms with E-state index in [0.717, 1.165) is 31.0 Å². The number of rotatable bonds is 7. The van der Waals surface area contributed by atoms with Crippen LogP contribution in [0.3, 0.4) is 0 Å². The van der Waals surface area contributed by atoms with Gasteiger partial charge in [-0.1, -0.05) is 29.3 Å². The van der Waals surface area contributed by atoms with Crippen molar-refractivity contribution < 1.29 is 4.79 Å². The van der Waals surface area contributed by atoms with Gasteiger partial charge < -0.3 is 5.32 Å². The van der Waals surface area contributed by atoms with Crippen molar-refractivity contribution in [2.24, 2.45) is 0 Å². The van der Waals surface area contributed by atoms with Crippen LogP contribution >= 0.6 is 15.9 Å². The summed E-state index contributed by atoms with van der Waals surface area (Å²) in [6.45, 7) is 4.16. The predicted molar refractivity (Wildman–Crippen MR) is 60.2 cm³/mol. The summed E-state index contributed by atoms with van der Waals surface area (Å²) in [6, 6.07) is 0.321. The van der Waals surface area contributed by atoms with E-state index < -0.39 is 0 Å². The standard InChI is InChI=1S/C10H20BrNO/c1-3-4-7-10(13)12-9(2)6-5-8-11/h9H,3-8H2,1-2H3,(H,12,13). The number of alkyl halides is 1. The van der Waals surface area contributed by atoms with Crippen LogP contribution in [0, 0.1) is 0 Å². The molecule has 1 atom stereocenters. The van der Waals surface area contributed by atoms with Crippen LogP contribution < -0.4 is 5.32 Å². The van der Waals surface area contributed by atoms with Crippen molar-refractivity contribution in [1.29, 1.82) is 0 Å². The number of halogens is 1. The van der Waals surface area contributed by atoms with Crippen molar-refractivity contribution in [3.05, 3.63) is 0 Å². The molecule has 2 nitrogen and oxygen atoms in total. The normalized spacial score (nSPS) is 12.5. The second-order valence-corrected chi connectivity index (χ2v) is 4.20. The number of unbranched alkanes of at least 4 members (excludes halogenated alkanes) is 1. The van der Waals surface area contributed by atoms with Gasteiger partial charge in [0.25, 0.3) is 0 Å². The van der Waals surface area contributed by atoms with E-state index in [9.17, 15) is 4.79 Å². The molecule has 0 aliphatic heterocycles. The van der Waals surface area contributed by atoms with E-state index in [1.807, 2.05) is 0 Å². The number of nitrogens with one attached hydrogen (secondary N) is 1. The second kappa shape index (κ2) is 8.54. The Balaban J connectivity index is 3.41. The van der Waals surface area contributed by atoms with Crippen LogP contribution in [-0.2, 0) is 4.79 Å². The molecule has 0 saturated carbocycles. The summed E-state index contributed by atoms with van der Waals surface area (Å²) < 4.78 is 0. The van der Waals surface area contributed by atoms with Crippen LogP contribution in [0.1, 0.15) is 46.0 Å². The average Bonchev–Trinajstić information content (AvgIpc) is 2.11. The minimum atomic E-state index is 0.198. The Morgan fingerprint density at radius 3 is 2.69 bits per heavy atom. The van der Waals surface area contributed by atoms with Crippen LogP contribution in [0.5, 0.6) is 0 Å². The molecule has 0 radical (unpaired) electrons. The largest absolute Gasteiger partial charge is 0.354 e. The van der Waals surface area contributed by atoms with E-state index in [2.05, 4.69) is 35.1 Å². The van der Waals surface area contributed by atoms with Crippen LogP contribution in [0.4, 0.5) is 0 Å². The summed E-state index contributed by atoms with van der Waals surface area (Å²) in [7, 11) is 0. The maximum Gasteiger partial charge on any atom is 0.220 e. The molecular weight excluding hydrogens is 230 g/mol. The Morgan fingerprint density at radius 2 is 2.15 bits per heavy atom. The highest BCUT2D eigenvalue weighted by molar-refractivity contribution is 9.09. The monoisotopic (exact) mass is 249 g/mol. The lowest BCUT2D eigenvalue weighted by atomic mass is 10.2. The first-order valence-electron chi connectivity index (χ1n) is 5.06. The van der Waals surface area contributed by atoms with Crippen molar-refractivity contribution in [3.63, 3.8) is 0 Å². The maximum absolute atomic E-state index is 11.3. The predicted octanol–water partition coefficient (Wildman–Crippen LogP) is 2.86. The van der Waals surface area contributed by atoms with Gasteiger partial charge in [-0.05, 0) is 26.2 Å². The zero-order chi connectivity index (χ0) is 10.1. The zero-order valence-corrected chi connectivity index (χ0v) is 10.2. The molecule has 0 aliphatic rings. The number of hydrogen-bond donors (Lipinski definition) is 1. The molecule has 0 aliphatic carbocycles. The first kappa shape index (κ1) is 12.9. The Labute approximate surface area is 89.6 Å². The molecule has 13 heavy (non-hydrogen) atoms. The molecule has 0 fully saturated rings. The van der Waals surface area contributed by atoms with Crippen LogP contribution in [0.2, 0.25) is 0 Å². The van der Waals surface area contributed by atoms with Gasteiger partial charge in [0.1, 0.15) is 0 Å². The van der Waals surface area contributed by atoms with Crippen LogP contribution in [-0.4, -0.2) is 17.3 Å². The van der Waals surface area contributed by atoms with Gasteiger partial charge in [0.05, 0.1) is 0 Å². The first-order chi connectivity index (χ1) is 6.20. The number of hydrogen-bond acceptors (Lipinski definition) is 1. The maximum atomic E-state index is 11.3. The fourth-order valence-electron chi connectivity index (χ4n) is 1.14. The average molecular weight is 250 g/mol. The summed E-state index contributed by atoms with van der Waals surface area (Å²) in [5.41, 5.74) is 0. The van der Waals surface area contributed by atoms with Crippen LogP contribution in [0.25, 0.3) is 0 Å². The van der Waals surface area contributed by atoms with E-state index in [4.69, 9.17) is 0 Å². The van der Waals surface area contributed by atoms with E-state index in [1.54, 1.807) is 0 Å². The minimum absolute atomic E-state index is 0.198. The van der Waals surface area contributed by atoms with Crippen molar-refractivity contribution in [2.75, 3.05) is 5.33 Å². The summed E-state index contributed by atoms with van der Waals surface area (Å²) in [5.74, 6) is 0.198. The quantitative estimate of drug-likeness (QED) is 0.691. The zero-order valence-electron chi connectivity index (χ0n) is 8.61. The molecular formula is C10H20BrNO. The number of amides is 1. The third-order valence-corrected chi connectivity index (χ3v) is 2.50. The van der Waals surface area contributed by atoms with Gasteiger partial charge in [-0.25, -0.2) is 0 Å². The molecule has 1 N–H and O–H groups in total. The molecule has 0 aromatic rings. The van der Waals surface area contributed by atoms with Gasteiger partial charge >= 0.3 is 0 Å². The molecule has 0 saturated heterocycles. The fourth-order valence-corrected chi connectivity index (χ4v) is 1.46. The van der Waals surface area contributed by atoms with Crippen molar-refractivity contribution in [3.8, 4) is 0 Å². The molecule has 0 aromatic carbocycles. The lowest BCUT2D eigenvalue weighted by Gasteiger charge is -2.12. The van der Waals surface area contributed by atoms with E-state index >= 15 is 0 Å². The molecule has 0 bridgehead atoms. The van der Waals surface area contributed by atoms with Gasteiger partial charge in [0.2, 0.25) is 5.91 Å². The molecule has 0 heterocycles. The number of carbonyl (C=O) groups excluding carboxylic acids is 1. The SMILES string of the molecule is CCCCC(=O)NC(C)CCCBr. The third-order valence-electron chi connectivity index (χ3n) is 1.94. The van der Waals surface area contributed by atoms with Gasteiger partial charge in [0.15, 0.2) is 0 Å². The molecule has 1 amide bonds. The Kier molecular flexibility index (Phi) is 8.51. The summed E-state index contributed by atoms with van der Waals surface area (Å²) in [4.78, 5) is 11.3. The number of carbonyl (C=O) groups is 1. The highest BCUT2D eigenvalue weighted by Gasteiger charge is 2.05. The highest BCUT2D eigenvalue weighted by Crippen LogP contribution is 2.00. The Bertz CT molecular complexity index is 139. The molecule has 0 aromatic heterocycles. The molecule has 3 heteroatoms. The van der Waals surface area contributed by atoms with E-state index in [1.165, 1.54) is 0 Å². The smallest absolute Gasteiger partial charge is 0.220 e. The summed E-state index contributed by atoms with van der Waals surface area (Å²) in [6.07, 6.45) is 4.94. The van der Waals surface area contributed by atoms with Crippen molar-refractivity contribution >= 4 is 21.8 Å². The van der Waals surface area contributed by atoms with Gasteiger partial charge in [-0.15, -0.1) is 0 Å². The summed E-state index contributed by atoms with van der Waals surface area (Å²) in [5, 5.41) is 4.01. The molecule has 0 spiro atoms. The van der Waals surface area contributed by atoms with Crippen LogP contribution in [0.15, 0.2) is 0 Å². The third kappa shape index (κ3) is 8.28. The topological polar surface area (TPSA) is 29.1 Å². The fraction of sp³-hybridized carbons (Fsp3) is 0.900. The Morgan fingerprint density at radius 1 is 1.46 bits per heavy atom. The lowest BCUT2D eigenvalue weighted by molar-refractivity contribution is -0.121. The highest BCUT2D eigenvalue weighted by atomic mass is 79.9. The van der Waals surface area contributed by atoms with Gasteiger partial charge in [-0.3, -0.25) is 4.79 Å². The lowest BCUT2D eigenvalue weighted by Crippen LogP contribution is -2.32.